The SMILES string of the molecule is NC(=O)[C@@H]1CC(C(=O)Nc2cccc3c2CCCC3)=NN1c1ccccc1. The number of benzene rings is 2. The average Bonchev–Trinajstić information content (AvgIpc) is 3.15. The number of fused-ring (bicyclic) bond motifs is 1. The van der Waals surface area contributed by atoms with Crippen LogP contribution in [0.1, 0.15) is 30.4 Å². The van der Waals surface area contributed by atoms with Crippen molar-refractivity contribution in [2.24, 2.45) is 10.8 Å². The van der Waals surface area contributed by atoms with Crippen LogP contribution in [-0.2, 0) is 22.4 Å². The second-order valence-corrected chi connectivity index (χ2v) is 6.95. The number of amides is 2. The van der Waals surface area contributed by atoms with Crippen molar-refractivity contribution < 1.29 is 9.59 Å². The number of hydrazone groups is 1. The number of hydrogen-bond donors (Lipinski definition) is 2. The maximum Gasteiger partial charge on any atom is 0.271 e. The number of hydrogen-bond acceptors (Lipinski definition) is 4. The molecule has 0 radical (unpaired) electrons. The molecule has 0 saturated carbocycles. The summed E-state index contributed by atoms with van der Waals surface area (Å²) in [5.41, 5.74) is 9.95. The van der Waals surface area contributed by atoms with E-state index >= 15 is 0 Å². The third-order valence-electron chi connectivity index (χ3n) is 5.17. The van der Waals surface area contributed by atoms with Crippen molar-refractivity contribution in [3.8, 4) is 0 Å². The van der Waals surface area contributed by atoms with E-state index in [1.54, 1.807) is 0 Å². The molecular formula is C21H22N4O2. The number of nitrogens with one attached hydrogen (secondary N) is 1. The summed E-state index contributed by atoms with van der Waals surface area (Å²) in [6.45, 7) is 0. The monoisotopic (exact) mass is 362 g/mol. The van der Waals surface area contributed by atoms with Crippen LogP contribution in [0.25, 0.3) is 0 Å². The largest absolute Gasteiger partial charge is 0.368 e. The van der Waals surface area contributed by atoms with Crippen LogP contribution < -0.4 is 16.1 Å². The molecule has 3 N–H and O–H groups in total. The molecule has 6 nitrogen and oxygen atoms in total. The quantitative estimate of drug-likeness (QED) is 0.876. The van der Waals surface area contributed by atoms with Gasteiger partial charge in [0.15, 0.2) is 0 Å². The van der Waals surface area contributed by atoms with Gasteiger partial charge >= 0.3 is 0 Å². The summed E-state index contributed by atoms with van der Waals surface area (Å²) >= 11 is 0. The molecule has 27 heavy (non-hydrogen) atoms. The van der Waals surface area contributed by atoms with Crippen molar-refractivity contribution in [2.75, 3.05) is 10.3 Å². The van der Waals surface area contributed by atoms with Gasteiger partial charge in [0.25, 0.3) is 5.91 Å². The van der Waals surface area contributed by atoms with Crippen LogP contribution in [0.4, 0.5) is 11.4 Å². The minimum absolute atomic E-state index is 0.199. The van der Waals surface area contributed by atoms with Gasteiger partial charge in [0, 0.05) is 12.1 Å². The minimum atomic E-state index is -0.655. The maximum atomic E-state index is 12.8. The average molecular weight is 362 g/mol. The lowest BCUT2D eigenvalue weighted by Crippen LogP contribution is -2.39. The summed E-state index contributed by atoms with van der Waals surface area (Å²) in [5.74, 6) is -0.777. The van der Waals surface area contributed by atoms with Gasteiger partial charge < -0.3 is 11.1 Å². The Bertz CT molecular complexity index is 908. The second kappa shape index (κ2) is 7.23. The van der Waals surface area contributed by atoms with Crippen LogP contribution in [0.15, 0.2) is 53.6 Å². The molecule has 4 rings (SSSR count). The second-order valence-electron chi connectivity index (χ2n) is 6.95. The Hall–Kier alpha value is -3.15. The molecule has 1 aliphatic carbocycles. The lowest BCUT2D eigenvalue weighted by molar-refractivity contribution is -0.119. The molecule has 0 spiro atoms. The van der Waals surface area contributed by atoms with Gasteiger partial charge in [-0.3, -0.25) is 14.6 Å². The molecule has 2 aliphatic rings. The number of carbonyl (C=O) groups is 2. The van der Waals surface area contributed by atoms with Gasteiger partial charge in [-0.25, -0.2) is 0 Å². The fourth-order valence-electron chi connectivity index (χ4n) is 3.78. The lowest BCUT2D eigenvalue weighted by atomic mass is 9.90. The fourth-order valence-corrected chi connectivity index (χ4v) is 3.78. The number of para-hydroxylation sites is 1. The normalized spacial score (nSPS) is 18.6. The zero-order chi connectivity index (χ0) is 18.8. The number of nitrogens with two attached hydrogens (primary N) is 1. The van der Waals surface area contributed by atoms with Crippen molar-refractivity contribution in [3.63, 3.8) is 0 Å². The zero-order valence-corrected chi connectivity index (χ0v) is 15.0. The van der Waals surface area contributed by atoms with E-state index in [-0.39, 0.29) is 12.3 Å². The van der Waals surface area contributed by atoms with Gasteiger partial charge in [0.1, 0.15) is 11.8 Å². The molecular weight excluding hydrogens is 340 g/mol. The molecule has 138 valence electrons. The predicted molar refractivity (Wildman–Crippen MR) is 106 cm³/mol. The molecule has 0 unspecified atom stereocenters. The van der Waals surface area contributed by atoms with Crippen molar-refractivity contribution in [1.29, 1.82) is 0 Å². The first-order valence-corrected chi connectivity index (χ1v) is 9.26. The molecule has 1 atom stereocenters. The lowest BCUT2D eigenvalue weighted by Gasteiger charge is -2.20. The minimum Gasteiger partial charge on any atom is -0.368 e. The highest BCUT2D eigenvalue weighted by Gasteiger charge is 2.35. The molecule has 2 aromatic rings. The first kappa shape index (κ1) is 17.3. The maximum absolute atomic E-state index is 12.8. The standard InChI is InChI=1S/C21H22N4O2/c22-20(26)19-13-18(24-25(19)15-9-2-1-3-10-15)21(27)23-17-12-6-8-14-7-4-5-11-16(14)17/h1-3,6,8-10,12,19H,4-5,7,11,13H2,(H2,22,26)(H,23,27)/t19-/m0/s1. The number of primary amides is 1. The van der Waals surface area contributed by atoms with Gasteiger partial charge in [0.2, 0.25) is 5.91 Å². The van der Waals surface area contributed by atoms with Crippen LogP contribution in [0.3, 0.4) is 0 Å². The highest BCUT2D eigenvalue weighted by atomic mass is 16.2. The van der Waals surface area contributed by atoms with Gasteiger partial charge in [-0.1, -0.05) is 30.3 Å². The van der Waals surface area contributed by atoms with E-state index in [9.17, 15) is 9.59 Å². The molecule has 0 fully saturated rings. The Balaban J connectivity index is 1.58. The van der Waals surface area contributed by atoms with Crippen LogP contribution in [0, 0.1) is 0 Å². The van der Waals surface area contributed by atoms with Gasteiger partial charge in [-0.15, -0.1) is 0 Å². The van der Waals surface area contributed by atoms with Crippen molar-refractivity contribution in [1.82, 2.24) is 0 Å². The number of carbonyl (C=O) groups excluding carboxylic acids is 2. The smallest absolute Gasteiger partial charge is 0.271 e. The molecule has 2 amide bonds. The third kappa shape index (κ3) is 3.43. The Morgan fingerprint density at radius 3 is 2.59 bits per heavy atom. The van der Waals surface area contributed by atoms with Crippen molar-refractivity contribution in [2.45, 2.75) is 38.1 Å². The summed E-state index contributed by atoms with van der Waals surface area (Å²) in [6.07, 6.45) is 4.53. The molecule has 0 bridgehead atoms. The van der Waals surface area contributed by atoms with Gasteiger partial charge in [-0.05, 0) is 55.0 Å². The van der Waals surface area contributed by atoms with Crippen molar-refractivity contribution in [3.05, 3.63) is 59.7 Å². The number of rotatable bonds is 4. The van der Waals surface area contributed by atoms with Crippen LogP contribution in [0.5, 0.6) is 0 Å². The molecule has 0 aromatic heterocycles. The zero-order valence-electron chi connectivity index (χ0n) is 15.0. The van der Waals surface area contributed by atoms with E-state index < -0.39 is 11.9 Å². The first-order valence-electron chi connectivity index (χ1n) is 9.26. The molecule has 2 aromatic carbocycles. The summed E-state index contributed by atoms with van der Waals surface area (Å²) in [5, 5.41) is 8.94. The number of aryl methyl sites for hydroxylation is 1. The van der Waals surface area contributed by atoms with E-state index in [1.165, 1.54) is 22.6 Å². The van der Waals surface area contributed by atoms with Gasteiger partial charge in [0.05, 0.1) is 5.69 Å². The number of anilines is 2. The van der Waals surface area contributed by atoms with E-state index in [2.05, 4.69) is 16.5 Å². The van der Waals surface area contributed by atoms with Gasteiger partial charge in [-0.2, -0.15) is 5.10 Å². The number of nitrogens with zero attached hydrogens (tertiary/aromatic N) is 2. The summed E-state index contributed by atoms with van der Waals surface area (Å²) in [7, 11) is 0. The van der Waals surface area contributed by atoms with Crippen molar-refractivity contribution >= 4 is 28.9 Å². The highest BCUT2D eigenvalue weighted by molar-refractivity contribution is 6.44. The third-order valence-corrected chi connectivity index (χ3v) is 5.17. The Morgan fingerprint density at radius 1 is 1.04 bits per heavy atom. The fraction of sp³-hybridized carbons (Fsp3) is 0.286. The predicted octanol–water partition coefficient (Wildman–Crippen LogP) is 2.62. The Labute approximate surface area is 158 Å². The van der Waals surface area contributed by atoms with Crippen LogP contribution >= 0.6 is 0 Å². The van der Waals surface area contributed by atoms with E-state index in [0.29, 0.717) is 5.71 Å². The van der Waals surface area contributed by atoms with E-state index in [0.717, 1.165) is 30.6 Å². The van der Waals surface area contributed by atoms with E-state index in [1.807, 2.05) is 42.5 Å². The topological polar surface area (TPSA) is 87.8 Å². The van der Waals surface area contributed by atoms with E-state index in [4.69, 9.17) is 5.73 Å². The van der Waals surface area contributed by atoms with Crippen LogP contribution in [0.2, 0.25) is 0 Å². The summed E-state index contributed by atoms with van der Waals surface area (Å²) < 4.78 is 0. The molecule has 1 heterocycles. The Kier molecular flexibility index (Phi) is 4.62. The highest BCUT2D eigenvalue weighted by Crippen LogP contribution is 2.29. The molecule has 1 aliphatic heterocycles. The first-order chi connectivity index (χ1) is 13.1. The van der Waals surface area contributed by atoms with Crippen LogP contribution in [-0.4, -0.2) is 23.6 Å². The summed E-state index contributed by atoms with van der Waals surface area (Å²) in [4.78, 5) is 24.7. The Morgan fingerprint density at radius 2 is 1.81 bits per heavy atom. The molecule has 0 saturated heterocycles. The summed E-state index contributed by atoms with van der Waals surface area (Å²) in [6, 6.07) is 14.6. The molecule has 6 heteroatoms.